The van der Waals surface area contributed by atoms with Crippen molar-refractivity contribution >= 4 is 9.84 Å². The molecule has 2 aromatic carbocycles. The Morgan fingerprint density at radius 1 is 0.840 bits per heavy atom. The molecule has 1 aromatic heterocycles. The summed E-state index contributed by atoms with van der Waals surface area (Å²) in [5.74, 6) is -2.38. The lowest BCUT2D eigenvalue weighted by Crippen LogP contribution is -2.01. The van der Waals surface area contributed by atoms with Crippen LogP contribution in [-0.4, -0.2) is 19.7 Å². The van der Waals surface area contributed by atoms with Gasteiger partial charge < -0.3 is 0 Å². The molecule has 0 aliphatic rings. The number of benzene rings is 2. The van der Waals surface area contributed by atoms with Crippen molar-refractivity contribution in [3.63, 3.8) is 0 Å². The minimum Gasteiger partial charge on any atom is -0.264 e. The van der Waals surface area contributed by atoms with E-state index in [0.29, 0.717) is 16.7 Å². The molecule has 0 saturated carbocycles. The van der Waals surface area contributed by atoms with E-state index in [4.69, 9.17) is 0 Å². The summed E-state index contributed by atoms with van der Waals surface area (Å²) in [5.41, 5.74) is 1.48. The zero-order valence-electron chi connectivity index (χ0n) is 13.0. The van der Waals surface area contributed by atoms with Crippen LogP contribution >= 0.6 is 0 Å². The fourth-order valence-electron chi connectivity index (χ4n) is 2.55. The average Bonchev–Trinajstić information content (AvgIpc) is 2.52. The lowest BCUT2D eigenvalue weighted by atomic mass is 9.96. The van der Waals surface area contributed by atoms with Gasteiger partial charge in [0.1, 0.15) is 22.3 Å². The van der Waals surface area contributed by atoms with Crippen molar-refractivity contribution in [1.29, 1.82) is 0 Å². The molecule has 7 heteroatoms. The van der Waals surface area contributed by atoms with Crippen molar-refractivity contribution in [3.8, 4) is 22.3 Å². The van der Waals surface area contributed by atoms with Crippen molar-refractivity contribution in [2.24, 2.45) is 0 Å². The van der Waals surface area contributed by atoms with Gasteiger partial charge in [0.05, 0.1) is 0 Å². The van der Waals surface area contributed by atoms with Crippen molar-refractivity contribution < 1.29 is 21.6 Å². The first-order chi connectivity index (χ1) is 11.8. The summed E-state index contributed by atoms with van der Waals surface area (Å²) in [6.07, 6.45) is 3.78. The highest BCUT2D eigenvalue weighted by molar-refractivity contribution is 7.90. The molecule has 0 radical (unpaired) electrons. The highest BCUT2D eigenvalue weighted by atomic mass is 32.2. The van der Waals surface area contributed by atoms with Crippen LogP contribution in [0.25, 0.3) is 22.3 Å². The van der Waals surface area contributed by atoms with Crippen LogP contribution in [-0.2, 0) is 9.84 Å². The second-order valence-corrected chi connectivity index (χ2v) is 7.48. The minimum atomic E-state index is -3.70. The van der Waals surface area contributed by atoms with E-state index in [2.05, 4.69) is 4.98 Å². The Hall–Kier alpha value is -2.67. The van der Waals surface area contributed by atoms with Crippen LogP contribution in [0.4, 0.5) is 13.2 Å². The van der Waals surface area contributed by atoms with E-state index >= 15 is 0 Å². The van der Waals surface area contributed by atoms with Gasteiger partial charge in [0.25, 0.3) is 0 Å². The molecule has 128 valence electrons. The summed E-state index contributed by atoms with van der Waals surface area (Å²) < 4.78 is 64.3. The van der Waals surface area contributed by atoms with Gasteiger partial charge in [0.2, 0.25) is 0 Å². The molecule has 3 aromatic rings. The largest absolute Gasteiger partial charge is 0.264 e. The number of hydrogen-bond donors (Lipinski definition) is 0. The smallest absolute Gasteiger partial charge is 0.178 e. The molecule has 0 fully saturated rings. The van der Waals surface area contributed by atoms with Gasteiger partial charge in [-0.3, -0.25) is 4.98 Å². The predicted molar refractivity (Wildman–Crippen MR) is 88.1 cm³/mol. The third kappa shape index (κ3) is 3.56. The van der Waals surface area contributed by atoms with Crippen LogP contribution in [0, 0.1) is 17.5 Å². The van der Waals surface area contributed by atoms with Crippen molar-refractivity contribution in [2.75, 3.05) is 6.26 Å². The minimum absolute atomic E-state index is 0.266. The second-order valence-electron chi connectivity index (χ2n) is 5.50. The van der Waals surface area contributed by atoms with Crippen LogP contribution in [0.15, 0.2) is 59.8 Å². The van der Waals surface area contributed by atoms with E-state index in [1.54, 1.807) is 6.07 Å². The third-order valence-electron chi connectivity index (χ3n) is 3.64. The van der Waals surface area contributed by atoms with E-state index < -0.39 is 32.2 Å². The molecule has 3 nitrogen and oxygen atoms in total. The maximum atomic E-state index is 14.2. The molecule has 25 heavy (non-hydrogen) atoms. The molecular formula is C18H12F3NO2S. The Morgan fingerprint density at radius 2 is 1.52 bits per heavy atom. The van der Waals surface area contributed by atoms with Crippen molar-refractivity contribution in [2.45, 2.75) is 4.90 Å². The van der Waals surface area contributed by atoms with E-state index in [-0.39, 0.29) is 5.56 Å². The summed E-state index contributed by atoms with van der Waals surface area (Å²) in [4.78, 5) is 3.55. The topological polar surface area (TPSA) is 47.0 Å². The van der Waals surface area contributed by atoms with E-state index in [9.17, 15) is 21.6 Å². The number of halogens is 3. The highest BCUT2D eigenvalue weighted by Crippen LogP contribution is 2.33. The van der Waals surface area contributed by atoms with Crippen molar-refractivity contribution in [3.05, 3.63) is 72.3 Å². The summed E-state index contributed by atoms with van der Waals surface area (Å²) >= 11 is 0. The summed E-state index contributed by atoms with van der Waals surface area (Å²) in [5, 5.41) is 0. The molecule has 0 spiro atoms. The van der Waals surface area contributed by atoms with E-state index in [1.807, 2.05) is 0 Å². The normalized spacial score (nSPS) is 11.5. The van der Waals surface area contributed by atoms with Crippen LogP contribution in [0.3, 0.4) is 0 Å². The molecule has 0 bridgehead atoms. The number of aromatic nitrogens is 1. The summed E-state index contributed by atoms with van der Waals surface area (Å²) in [6, 6.07) is 8.26. The molecule has 0 aliphatic carbocycles. The van der Waals surface area contributed by atoms with Gasteiger partial charge in [-0.2, -0.15) is 0 Å². The summed E-state index contributed by atoms with van der Waals surface area (Å²) in [6.45, 7) is 0. The van der Waals surface area contributed by atoms with Crippen LogP contribution < -0.4 is 0 Å². The standard InChI is InChI=1S/C18H12F3NO2S/c1-25(23,24)18-3-2-11(8-17(18)21)16-10-22-5-4-15(16)12-6-13(19)9-14(20)7-12/h2-10H,1H3. The summed E-state index contributed by atoms with van der Waals surface area (Å²) in [7, 11) is -3.70. The Bertz CT molecular complexity index is 1050. The van der Waals surface area contributed by atoms with E-state index in [0.717, 1.165) is 36.6 Å². The molecule has 0 aliphatic heterocycles. The monoisotopic (exact) mass is 363 g/mol. The van der Waals surface area contributed by atoms with Gasteiger partial charge in [-0.05, 0) is 47.0 Å². The van der Waals surface area contributed by atoms with Crippen LogP contribution in [0.1, 0.15) is 0 Å². The Labute approximate surface area is 142 Å². The molecule has 0 unspecified atom stereocenters. The lowest BCUT2D eigenvalue weighted by Gasteiger charge is -2.11. The Kier molecular flexibility index (Phi) is 4.34. The second kappa shape index (κ2) is 6.33. The number of rotatable bonds is 3. The first kappa shape index (κ1) is 17.2. The van der Waals surface area contributed by atoms with Crippen molar-refractivity contribution in [1.82, 2.24) is 4.98 Å². The SMILES string of the molecule is CS(=O)(=O)c1ccc(-c2cnccc2-c2cc(F)cc(F)c2)cc1F. The third-order valence-corrected chi connectivity index (χ3v) is 4.77. The quantitative estimate of drug-likeness (QED) is 0.699. The van der Waals surface area contributed by atoms with Gasteiger partial charge in [0.15, 0.2) is 9.84 Å². The van der Waals surface area contributed by atoms with Gasteiger partial charge in [-0.25, -0.2) is 21.6 Å². The maximum Gasteiger partial charge on any atom is 0.178 e. The first-order valence-corrected chi connectivity index (χ1v) is 9.05. The van der Waals surface area contributed by atoms with Gasteiger partial charge in [-0.15, -0.1) is 0 Å². The Morgan fingerprint density at radius 3 is 2.12 bits per heavy atom. The highest BCUT2D eigenvalue weighted by Gasteiger charge is 2.16. The molecule has 3 rings (SSSR count). The zero-order valence-corrected chi connectivity index (χ0v) is 13.8. The Balaban J connectivity index is 2.18. The fourth-order valence-corrected chi connectivity index (χ4v) is 3.28. The number of pyridine rings is 1. The fraction of sp³-hybridized carbons (Fsp3) is 0.0556. The number of nitrogens with zero attached hydrogens (tertiary/aromatic N) is 1. The first-order valence-electron chi connectivity index (χ1n) is 7.16. The van der Waals surface area contributed by atoms with E-state index in [1.165, 1.54) is 18.5 Å². The van der Waals surface area contributed by atoms with Crippen LogP contribution in [0.5, 0.6) is 0 Å². The number of hydrogen-bond acceptors (Lipinski definition) is 3. The zero-order chi connectivity index (χ0) is 18.2. The molecule has 0 saturated heterocycles. The predicted octanol–water partition coefficient (Wildman–Crippen LogP) is 4.24. The van der Waals surface area contributed by atoms with Gasteiger partial charge >= 0.3 is 0 Å². The molecular weight excluding hydrogens is 351 g/mol. The molecule has 0 N–H and O–H groups in total. The van der Waals surface area contributed by atoms with Crippen LogP contribution in [0.2, 0.25) is 0 Å². The van der Waals surface area contributed by atoms with Gasteiger partial charge in [0, 0.05) is 30.3 Å². The molecule has 0 atom stereocenters. The average molecular weight is 363 g/mol. The number of sulfone groups is 1. The van der Waals surface area contributed by atoms with Gasteiger partial charge in [-0.1, -0.05) is 6.07 Å². The maximum absolute atomic E-state index is 14.2. The molecule has 1 heterocycles. The molecule has 0 amide bonds. The lowest BCUT2D eigenvalue weighted by molar-refractivity contribution is 0.571.